The molecule has 3 fully saturated rings. The van der Waals surface area contributed by atoms with Crippen molar-refractivity contribution >= 4 is 178 Å². The van der Waals surface area contributed by atoms with Gasteiger partial charge in [-0.25, -0.2) is 4.79 Å². The number of hydrogen-bond acceptors (Lipinski definition) is 27. The highest BCUT2D eigenvalue weighted by molar-refractivity contribution is 14.1. The third-order valence-electron chi connectivity index (χ3n) is 18.5. The molecule has 0 radical (unpaired) electrons. The third kappa shape index (κ3) is 33.6. The lowest BCUT2D eigenvalue weighted by Gasteiger charge is -2.35. The molecule has 3 aliphatic heterocycles. The molecule has 0 aliphatic carbocycles. The van der Waals surface area contributed by atoms with Gasteiger partial charge in [0, 0.05) is 67.4 Å². The van der Waals surface area contributed by atoms with Crippen molar-refractivity contribution in [2.75, 3.05) is 50.0 Å². The van der Waals surface area contributed by atoms with Gasteiger partial charge in [0.05, 0.1) is 22.6 Å². The summed E-state index contributed by atoms with van der Waals surface area (Å²) in [5.74, 6) is -22.9. The number of amides is 14. The molecule has 0 saturated carbocycles. The van der Waals surface area contributed by atoms with E-state index in [4.69, 9.17) is 44.9 Å². The molecule has 0 aromatic heterocycles. The van der Waals surface area contributed by atoms with Crippen LogP contribution in [-0.2, 0) is 89.6 Å². The molecule has 662 valence electrons. The molecular weight excluding hydrogens is 1770 g/mol. The molecule has 2 aromatic rings. The average Bonchev–Trinajstić information content (AvgIpc) is 1.60. The number of fused-ring (bicyclic) bond motifs is 9. The molecular formula is C70H105IN24O21S4. The molecule has 14 amide bonds. The molecule has 2 bridgehead atoms. The van der Waals surface area contributed by atoms with Gasteiger partial charge in [-0.2, -0.15) is 0 Å². The second-order valence-corrected chi connectivity index (χ2v) is 35.2. The Hall–Kier alpha value is -10.6. The number of primary amides is 1. The summed E-state index contributed by atoms with van der Waals surface area (Å²) in [5.41, 5.74) is 28.5. The van der Waals surface area contributed by atoms with Crippen LogP contribution in [0.4, 0.5) is 0 Å². The number of aliphatic hydroxyl groups excluding tert-OH is 1. The van der Waals surface area contributed by atoms with E-state index in [0.717, 1.165) is 33.4 Å². The lowest BCUT2D eigenvalue weighted by Crippen LogP contribution is -2.64. The van der Waals surface area contributed by atoms with E-state index < -0.39 is 258 Å². The number of nitrogens with one attached hydrogen (secondary N) is 18. The summed E-state index contributed by atoms with van der Waals surface area (Å²) in [5, 5.41) is 114. The minimum Gasteiger partial charge on any atom is -0.508 e. The van der Waals surface area contributed by atoms with Gasteiger partial charge in [-0.3, -0.25) is 88.1 Å². The van der Waals surface area contributed by atoms with Crippen LogP contribution in [0.3, 0.4) is 0 Å². The van der Waals surface area contributed by atoms with Crippen LogP contribution in [0.15, 0.2) is 42.5 Å². The SMILES string of the molecule is C[C@@H](O)[C@@H]1NC(=O)[C@H]2NC(=O)[C@H](NC(=O)CN)CSSC[C@H](NC(=O)[C@H](CCCNC(=N)N)NC(=O)[C@@H]3CCCN3C(=O)[C@H](CC(=O)O)NC1=O)C(=O)N[C@@H](CCCNC(=N)N)C(=O)N[C@@H](Cc1ccc(O)c(I)c1)C(=O)N[C@@H](CCC(N)=O)C(=O)N[C@H](C(=O)N[C@H](Cc1ccc(O)cc1)C(=O)N[C@H](CCCNC(=N)N)C(=O)O)CSSC2(C)C. The monoisotopic (exact) mass is 1870 g/mol. The van der Waals surface area contributed by atoms with Crippen molar-refractivity contribution in [3.8, 4) is 11.5 Å². The molecule has 3 heterocycles. The van der Waals surface area contributed by atoms with Gasteiger partial charge < -0.3 is 139 Å². The minimum atomic E-state index is -2.15. The number of guanidine groups is 3. The number of carboxylic acid groups (broad SMARTS) is 2. The minimum absolute atomic E-state index is 0.00495. The number of phenols is 2. The Morgan fingerprint density at radius 3 is 1.75 bits per heavy atom. The maximum absolute atomic E-state index is 15.4. The Balaban J connectivity index is 1.84. The second-order valence-electron chi connectivity index (χ2n) is 28.5. The highest BCUT2D eigenvalue weighted by Crippen LogP contribution is 2.39. The summed E-state index contributed by atoms with van der Waals surface area (Å²) in [6.07, 6.45) is -6.38. The number of aromatic hydroxyl groups is 2. The van der Waals surface area contributed by atoms with Crippen molar-refractivity contribution in [3.05, 3.63) is 57.2 Å². The van der Waals surface area contributed by atoms with Crippen LogP contribution in [0.25, 0.3) is 0 Å². The molecule has 45 nitrogen and oxygen atoms in total. The van der Waals surface area contributed by atoms with Gasteiger partial charge in [0.1, 0.15) is 90.0 Å². The van der Waals surface area contributed by atoms with Gasteiger partial charge in [0.2, 0.25) is 82.7 Å². The van der Waals surface area contributed by atoms with Crippen LogP contribution < -0.4 is 108 Å². The fraction of sp³-hybridized carbons (Fsp3) is 0.557. The van der Waals surface area contributed by atoms with Crippen molar-refractivity contribution < 1.29 is 102 Å². The maximum Gasteiger partial charge on any atom is 0.326 e. The van der Waals surface area contributed by atoms with Crippen LogP contribution in [0.1, 0.15) is 103 Å². The van der Waals surface area contributed by atoms with Crippen molar-refractivity contribution in [1.82, 2.24) is 84.7 Å². The maximum atomic E-state index is 15.4. The molecule has 0 unspecified atom stereocenters. The average molecular weight is 1870 g/mol. The molecule has 120 heavy (non-hydrogen) atoms. The smallest absolute Gasteiger partial charge is 0.326 e. The van der Waals surface area contributed by atoms with E-state index in [2.05, 4.69) is 79.8 Å². The van der Waals surface area contributed by atoms with Gasteiger partial charge in [0.15, 0.2) is 17.9 Å². The number of hydrogen-bond donors (Lipinski definition) is 28. The summed E-state index contributed by atoms with van der Waals surface area (Å²) in [6.45, 7) is 2.55. The number of nitrogens with two attached hydrogens (primary N) is 5. The number of carbonyl (C=O) groups excluding carboxylic acids is 14. The van der Waals surface area contributed by atoms with E-state index in [1.807, 2.05) is 0 Å². The Bertz CT molecular complexity index is 4070. The number of phenolic OH excluding ortho intramolecular Hbond substituents is 2. The fourth-order valence-corrected chi connectivity index (χ4v) is 18.0. The van der Waals surface area contributed by atoms with E-state index in [1.165, 1.54) is 56.3 Å². The molecule has 33 N–H and O–H groups in total. The first-order chi connectivity index (χ1) is 56.6. The van der Waals surface area contributed by atoms with Crippen molar-refractivity contribution in [1.29, 1.82) is 16.2 Å². The van der Waals surface area contributed by atoms with Gasteiger partial charge in [0.25, 0.3) is 0 Å². The zero-order valence-electron chi connectivity index (χ0n) is 65.6. The number of halogens is 1. The first-order valence-corrected chi connectivity index (χ1v) is 43.6. The number of carbonyl (C=O) groups is 16. The summed E-state index contributed by atoms with van der Waals surface area (Å²) >= 11 is 1.79. The summed E-state index contributed by atoms with van der Waals surface area (Å²) < 4.78 is -1.59. The fourth-order valence-electron chi connectivity index (χ4n) is 12.2. The van der Waals surface area contributed by atoms with Gasteiger partial charge in [-0.1, -0.05) is 61.4 Å². The normalized spacial score (nSPS) is 23.6. The van der Waals surface area contributed by atoms with Crippen molar-refractivity contribution in [2.45, 2.75) is 194 Å². The predicted octanol–water partition coefficient (Wildman–Crippen LogP) is -7.18. The standard InChI is InChI=1S/C70H105IN24O21S4/c1-32(96)52-63(112)90-43(27-51(101)102)65(114)95-23-7-11-47(95)62(111)86-38(9-5-21-81-68(76)77)55(104)91-45-30-118-117-29-44(83-50(100)28-72)61(110)94-53(64(113)93-52)70(2,3)120-119-31-46(60(109)89-41(25-33-12-15-35(97)16-13-33)58(107)87-40(66(115)116)10-6-22-82-69(78)79)92-56(105)39(17-19-49(73)99)85-57(106)42(26-34-14-18-48(98)36(71)24-34)88-54(103)37(84-59(45)108)8-4-20-80-67(74)75/h12-16,18,24,32,37-47,52-53,96-98H,4-11,17,19-23,25-31,72H2,1-3H3,(H2,73,99)(H,83,100)(H,84,108)(H,85,106)(H,86,111)(H,87,107)(H,88,103)(H,89,109)(H,90,112)(H,91,104)(H,92,105)(H,93,113)(H,94,110)(H,101,102)(H,115,116)(H4,74,75,80)(H4,76,77,81)(H4,78,79,82)/t32-,37+,38+,39+,40-,41-,42+,43+,44-,45+,46+,47+,52+,53-/m1/s1. The zero-order valence-corrected chi connectivity index (χ0v) is 71.0. The molecule has 5 rings (SSSR count). The van der Waals surface area contributed by atoms with Crippen LogP contribution >= 0.6 is 65.8 Å². The number of rotatable bonds is 29. The molecule has 14 atom stereocenters. The predicted molar refractivity (Wildman–Crippen MR) is 450 cm³/mol. The molecule has 0 spiro atoms. The Kier molecular flexibility index (Phi) is 41.0. The van der Waals surface area contributed by atoms with Crippen molar-refractivity contribution in [3.63, 3.8) is 0 Å². The summed E-state index contributed by atoms with van der Waals surface area (Å²) in [4.78, 5) is 233. The Morgan fingerprint density at radius 1 is 0.617 bits per heavy atom. The third-order valence-corrected chi connectivity index (χ3v) is 25.1. The zero-order chi connectivity index (χ0) is 89.3. The number of aliphatic carboxylic acids is 2. The molecule has 3 saturated heterocycles. The summed E-state index contributed by atoms with van der Waals surface area (Å²) in [7, 11) is 2.94. The Labute approximate surface area is 718 Å². The lowest BCUT2D eigenvalue weighted by atomic mass is 10.00. The number of nitrogens with zero attached hydrogens (tertiary/aromatic N) is 1. The number of carboxylic acids is 2. The largest absolute Gasteiger partial charge is 0.508 e. The quantitative estimate of drug-likeness (QED) is 0.0118. The van der Waals surface area contributed by atoms with E-state index in [-0.39, 0.29) is 104 Å². The first kappa shape index (κ1) is 100.0. The van der Waals surface area contributed by atoms with E-state index in [0.29, 0.717) is 21.6 Å². The van der Waals surface area contributed by atoms with Crippen LogP contribution in [0, 0.1) is 19.8 Å². The van der Waals surface area contributed by atoms with Gasteiger partial charge >= 0.3 is 11.9 Å². The topological polar surface area (TPSA) is 760 Å². The van der Waals surface area contributed by atoms with Crippen LogP contribution in [0.2, 0.25) is 0 Å². The van der Waals surface area contributed by atoms with Gasteiger partial charge in [-0.05, 0) is 137 Å². The first-order valence-electron chi connectivity index (χ1n) is 37.7. The van der Waals surface area contributed by atoms with Crippen LogP contribution in [0.5, 0.6) is 11.5 Å². The number of aliphatic hydroxyl groups is 1. The second kappa shape index (κ2) is 49.2. The van der Waals surface area contributed by atoms with E-state index in [1.54, 1.807) is 22.6 Å². The molecule has 2 aromatic carbocycles. The molecule has 3 aliphatic rings. The molecule has 50 heteroatoms. The highest BCUT2D eigenvalue weighted by atomic mass is 127. The van der Waals surface area contributed by atoms with Gasteiger partial charge in [-0.15, -0.1) is 0 Å². The van der Waals surface area contributed by atoms with E-state index in [9.17, 15) is 63.9 Å². The lowest BCUT2D eigenvalue weighted by molar-refractivity contribution is -0.146. The Morgan fingerprint density at radius 2 is 1.17 bits per heavy atom. The van der Waals surface area contributed by atoms with Crippen LogP contribution in [-0.4, -0.2) is 282 Å². The number of benzene rings is 2. The van der Waals surface area contributed by atoms with E-state index >= 15 is 38.4 Å². The highest BCUT2D eigenvalue weighted by Gasteiger charge is 2.45. The van der Waals surface area contributed by atoms with Crippen molar-refractivity contribution in [2.24, 2.45) is 28.7 Å². The summed E-state index contributed by atoms with van der Waals surface area (Å²) in [6, 6.07) is -14.4.